The quantitative estimate of drug-likeness (QED) is 0.763. The van der Waals surface area contributed by atoms with Crippen LogP contribution < -0.4 is 5.76 Å². The van der Waals surface area contributed by atoms with Gasteiger partial charge in [-0.1, -0.05) is 6.07 Å². The number of nitrogens with zero attached hydrogens (tertiary/aromatic N) is 3. The SMILES string of the molecule is CCN(C(=O)Cn1nc(-c2cccs2)oc1=O)C1CCS(=O)(=O)C1. The molecule has 0 radical (unpaired) electrons. The Bertz CT molecular complexity index is 882. The van der Waals surface area contributed by atoms with E-state index in [1.807, 2.05) is 11.4 Å². The van der Waals surface area contributed by atoms with Crippen LogP contribution in [0.5, 0.6) is 0 Å². The zero-order valence-corrected chi connectivity index (χ0v) is 14.7. The fourth-order valence-corrected chi connectivity index (χ4v) is 5.16. The third-order valence-corrected chi connectivity index (χ3v) is 6.54. The molecule has 0 spiro atoms. The summed E-state index contributed by atoms with van der Waals surface area (Å²) >= 11 is 1.38. The number of hydrogen-bond donors (Lipinski definition) is 0. The molecular weight excluding hydrogens is 354 g/mol. The van der Waals surface area contributed by atoms with Gasteiger partial charge >= 0.3 is 5.76 Å². The van der Waals surface area contributed by atoms with Gasteiger partial charge in [0.05, 0.1) is 16.4 Å². The molecule has 0 bridgehead atoms. The highest BCUT2D eigenvalue weighted by Gasteiger charge is 2.34. The Balaban J connectivity index is 1.75. The van der Waals surface area contributed by atoms with E-state index in [0.717, 1.165) is 4.68 Å². The van der Waals surface area contributed by atoms with Crippen molar-refractivity contribution in [3.05, 3.63) is 28.1 Å². The Morgan fingerprint density at radius 3 is 2.92 bits per heavy atom. The van der Waals surface area contributed by atoms with Gasteiger partial charge in [-0.2, -0.15) is 4.68 Å². The van der Waals surface area contributed by atoms with Crippen molar-refractivity contribution in [2.45, 2.75) is 25.9 Å². The van der Waals surface area contributed by atoms with Crippen molar-refractivity contribution in [3.8, 4) is 10.8 Å². The Morgan fingerprint density at radius 2 is 2.33 bits per heavy atom. The lowest BCUT2D eigenvalue weighted by Gasteiger charge is -2.26. The molecule has 0 aromatic carbocycles. The summed E-state index contributed by atoms with van der Waals surface area (Å²) in [5.41, 5.74) is 0. The highest BCUT2D eigenvalue weighted by molar-refractivity contribution is 7.91. The molecule has 3 rings (SSSR count). The molecule has 3 heterocycles. The summed E-state index contributed by atoms with van der Waals surface area (Å²) < 4.78 is 29.3. The Hall–Kier alpha value is -1.94. The molecule has 2 aromatic heterocycles. The van der Waals surface area contributed by atoms with E-state index >= 15 is 0 Å². The van der Waals surface area contributed by atoms with E-state index in [-0.39, 0.29) is 35.9 Å². The molecule has 1 saturated heterocycles. The van der Waals surface area contributed by atoms with Crippen molar-refractivity contribution >= 4 is 27.1 Å². The van der Waals surface area contributed by atoms with Crippen LogP contribution in [0.3, 0.4) is 0 Å². The van der Waals surface area contributed by atoms with Gasteiger partial charge in [-0.25, -0.2) is 13.2 Å². The number of sulfone groups is 1. The standard InChI is InChI=1S/C14H17N3O5S2/c1-2-16(10-5-7-24(20,21)9-10)12(18)8-17-14(19)22-13(15-17)11-4-3-6-23-11/h3-4,6,10H,2,5,7-9H2,1H3. The second-order valence-electron chi connectivity index (χ2n) is 5.54. The number of hydrogen-bond acceptors (Lipinski definition) is 7. The number of thiophene rings is 1. The maximum Gasteiger partial charge on any atom is 0.437 e. The largest absolute Gasteiger partial charge is 0.437 e. The molecule has 1 unspecified atom stereocenters. The van der Waals surface area contributed by atoms with Crippen molar-refractivity contribution in [2.24, 2.45) is 0 Å². The summed E-state index contributed by atoms with van der Waals surface area (Å²) in [5.74, 6) is -0.807. The fraction of sp³-hybridized carbons (Fsp3) is 0.500. The van der Waals surface area contributed by atoms with Crippen molar-refractivity contribution in [1.29, 1.82) is 0 Å². The van der Waals surface area contributed by atoms with Gasteiger partial charge < -0.3 is 9.32 Å². The third-order valence-electron chi connectivity index (χ3n) is 3.93. The third kappa shape index (κ3) is 3.44. The number of carbonyl (C=O) groups is 1. The average molecular weight is 371 g/mol. The second kappa shape index (κ2) is 6.52. The van der Waals surface area contributed by atoms with E-state index in [2.05, 4.69) is 5.10 Å². The zero-order chi connectivity index (χ0) is 17.3. The minimum atomic E-state index is -3.09. The molecule has 2 aromatic rings. The smallest absolute Gasteiger partial charge is 0.387 e. The van der Waals surface area contributed by atoms with Gasteiger partial charge in [0.15, 0.2) is 9.84 Å². The van der Waals surface area contributed by atoms with E-state index in [9.17, 15) is 18.0 Å². The van der Waals surface area contributed by atoms with Crippen LogP contribution in [-0.4, -0.2) is 53.1 Å². The van der Waals surface area contributed by atoms with Gasteiger partial charge in [0.25, 0.3) is 5.89 Å². The van der Waals surface area contributed by atoms with Gasteiger partial charge in [0.1, 0.15) is 6.54 Å². The maximum atomic E-state index is 12.5. The first-order valence-corrected chi connectivity index (χ1v) is 10.2. The molecule has 1 aliphatic rings. The minimum absolute atomic E-state index is 0.0270. The maximum absolute atomic E-state index is 12.5. The molecule has 0 aliphatic carbocycles. The van der Waals surface area contributed by atoms with Crippen LogP contribution in [-0.2, 0) is 21.2 Å². The van der Waals surface area contributed by atoms with Crippen molar-refractivity contribution < 1.29 is 17.6 Å². The van der Waals surface area contributed by atoms with Crippen molar-refractivity contribution in [3.63, 3.8) is 0 Å². The van der Waals surface area contributed by atoms with Crippen LogP contribution in [0.15, 0.2) is 26.7 Å². The molecule has 130 valence electrons. The first-order chi connectivity index (χ1) is 11.4. The van der Waals surface area contributed by atoms with E-state index in [0.29, 0.717) is 17.8 Å². The minimum Gasteiger partial charge on any atom is -0.387 e. The summed E-state index contributed by atoms with van der Waals surface area (Å²) in [6.07, 6.45) is 0.427. The van der Waals surface area contributed by atoms with Gasteiger partial charge in [-0.3, -0.25) is 4.79 Å². The fourth-order valence-electron chi connectivity index (χ4n) is 2.78. The topological polar surface area (TPSA) is 102 Å². The van der Waals surface area contributed by atoms with Crippen LogP contribution in [0.2, 0.25) is 0 Å². The van der Waals surface area contributed by atoms with Crippen molar-refractivity contribution in [2.75, 3.05) is 18.1 Å². The van der Waals surface area contributed by atoms with Crippen LogP contribution in [0.25, 0.3) is 10.8 Å². The number of amides is 1. The molecule has 1 amide bonds. The van der Waals surface area contributed by atoms with E-state index in [1.165, 1.54) is 16.2 Å². The van der Waals surface area contributed by atoms with Gasteiger partial charge in [0, 0.05) is 12.6 Å². The van der Waals surface area contributed by atoms with Gasteiger partial charge in [-0.05, 0) is 24.8 Å². The molecule has 1 atom stereocenters. The molecule has 0 N–H and O–H groups in total. The highest BCUT2D eigenvalue weighted by Crippen LogP contribution is 2.21. The predicted molar refractivity (Wildman–Crippen MR) is 88.5 cm³/mol. The molecule has 1 aliphatic heterocycles. The number of carbonyl (C=O) groups excluding carboxylic acids is 1. The van der Waals surface area contributed by atoms with Crippen LogP contribution in [0.1, 0.15) is 13.3 Å². The molecule has 24 heavy (non-hydrogen) atoms. The normalized spacial score (nSPS) is 19.5. The van der Waals surface area contributed by atoms with Crippen molar-refractivity contribution in [1.82, 2.24) is 14.7 Å². The van der Waals surface area contributed by atoms with Gasteiger partial charge in [-0.15, -0.1) is 16.4 Å². The van der Waals surface area contributed by atoms with E-state index in [4.69, 9.17) is 4.42 Å². The lowest BCUT2D eigenvalue weighted by Crippen LogP contribution is -2.43. The first kappa shape index (κ1) is 16.9. The molecular formula is C14H17N3O5S2. The Morgan fingerprint density at radius 1 is 1.54 bits per heavy atom. The average Bonchev–Trinajstić information content (AvgIpc) is 3.22. The Kier molecular flexibility index (Phi) is 4.59. The molecule has 1 fully saturated rings. The molecule has 8 nitrogen and oxygen atoms in total. The summed E-state index contributed by atoms with van der Waals surface area (Å²) in [5, 5.41) is 5.88. The summed E-state index contributed by atoms with van der Waals surface area (Å²) in [7, 11) is -3.09. The highest BCUT2D eigenvalue weighted by atomic mass is 32.2. The summed E-state index contributed by atoms with van der Waals surface area (Å²) in [6.45, 7) is 1.90. The van der Waals surface area contributed by atoms with E-state index < -0.39 is 15.6 Å². The molecule has 10 heteroatoms. The molecule has 0 saturated carbocycles. The predicted octanol–water partition coefficient (Wildman–Crippen LogP) is 0.600. The van der Waals surface area contributed by atoms with E-state index in [1.54, 1.807) is 13.0 Å². The lowest BCUT2D eigenvalue weighted by molar-refractivity contribution is -0.133. The zero-order valence-electron chi connectivity index (χ0n) is 13.0. The number of rotatable bonds is 5. The second-order valence-corrected chi connectivity index (χ2v) is 8.72. The van der Waals surface area contributed by atoms with Gasteiger partial charge in [0.2, 0.25) is 5.91 Å². The number of likely N-dealkylation sites (N-methyl/N-ethyl adjacent to an activating group) is 1. The van der Waals surface area contributed by atoms with Crippen LogP contribution in [0, 0.1) is 0 Å². The lowest BCUT2D eigenvalue weighted by atomic mass is 10.2. The van der Waals surface area contributed by atoms with Crippen LogP contribution in [0.4, 0.5) is 0 Å². The van der Waals surface area contributed by atoms with Crippen LogP contribution >= 0.6 is 11.3 Å². The monoisotopic (exact) mass is 371 g/mol. The Labute approximate surface area is 142 Å². The number of aromatic nitrogens is 2. The summed E-state index contributed by atoms with van der Waals surface area (Å²) in [4.78, 5) is 26.6. The first-order valence-electron chi connectivity index (χ1n) is 7.51. The summed E-state index contributed by atoms with van der Waals surface area (Å²) in [6, 6.07) is 3.24.